The lowest BCUT2D eigenvalue weighted by Gasteiger charge is -2.18. The van der Waals surface area contributed by atoms with Crippen LogP contribution in [0, 0.1) is 0 Å². The van der Waals surface area contributed by atoms with Gasteiger partial charge in [-0.2, -0.15) is 0 Å². The van der Waals surface area contributed by atoms with Crippen molar-refractivity contribution in [2.24, 2.45) is 0 Å². The Labute approximate surface area is 106 Å². The van der Waals surface area contributed by atoms with Gasteiger partial charge >= 0.3 is 0 Å². The first-order chi connectivity index (χ1) is 8.31. The van der Waals surface area contributed by atoms with E-state index in [1.165, 1.54) is 24.2 Å². The fourth-order valence-corrected chi connectivity index (χ4v) is 2.07. The van der Waals surface area contributed by atoms with E-state index in [-0.39, 0.29) is 0 Å². The highest BCUT2D eigenvalue weighted by atomic mass is 15.1. The van der Waals surface area contributed by atoms with Crippen LogP contribution in [0.2, 0.25) is 0 Å². The Morgan fingerprint density at radius 1 is 1.06 bits per heavy atom. The van der Waals surface area contributed by atoms with Gasteiger partial charge in [-0.3, -0.25) is 0 Å². The van der Waals surface area contributed by atoms with Crippen molar-refractivity contribution in [3.8, 4) is 0 Å². The summed E-state index contributed by atoms with van der Waals surface area (Å²) in [5.41, 5.74) is 2.71. The molecule has 0 aliphatic heterocycles. The van der Waals surface area contributed by atoms with Crippen molar-refractivity contribution in [1.29, 1.82) is 0 Å². The van der Waals surface area contributed by atoms with Crippen LogP contribution in [0.3, 0.4) is 0 Å². The largest absolute Gasteiger partial charge is 0.385 e. The van der Waals surface area contributed by atoms with Crippen LogP contribution in [0.25, 0.3) is 0 Å². The molecule has 2 nitrogen and oxygen atoms in total. The van der Waals surface area contributed by atoms with Crippen molar-refractivity contribution in [1.82, 2.24) is 4.90 Å². The Balaban J connectivity index is 2.30. The maximum Gasteiger partial charge on any atom is 0.0372 e. The zero-order chi connectivity index (χ0) is 12.5. The average Bonchev–Trinajstić information content (AvgIpc) is 2.39. The molecular weight excluding hydrogens is 208 g/mol. The van der Waals surface area contributed by atoms with E-state index >= 15 is 0 Å². The molecule has 1 rings (SSSR count). The number of rotatable bonds is 8. The summed E-state index contributed by atoms with van der Waals surface area (Å²) in [4.78, 5) is 2.47. The lowest BCUT2D eigenvalue weighted by molar-refractivity contribution is 0.303. The molecule has 0 aliphatic rings. The van der Waals surface area contributed by atoms with Crippen molar-refractivity contribution < 1.29 is 0 Å². The van der Waals surface area contributed by atoms with Crippen LogP contribution in [-0.2, 0) is 6.42 Å². The molecule has 0 saturated carbocycles. The number of aryl methyl sites for hydroxylation is 1. The number of hydrogen-bond acceptors (Lipinski definition) is 2. The third kappa shape index (κ3) is 4.78. The number of anilines is 1. The second-order valence-corrected chi connectivity index (χ2v) is 4.32. The number of hydrogen-bond donors (Lipinski definition) is 1. The molecule has 2 heteroatoms. The minimum absolute atomic E-state index is 1.06. The predicted molar refractivity (Wildman–Crippen MR) is 76.7 cm³/mol. The molecule has 0 atom stereocenters. The second-order valence-electron chi connectivity index (χ2n) is 4.32. The van der Waals surface area contributed by atoms with Crippen molar-refractivity contribution >= 4 is 5.69 Å². The van der Waals surface area contributed by atoms with Gasteiger partial charge in [0.25, 0.3) is 0 Å². The first-order valence-corrected chi connectivity index (χ1v) is 6.85. The zero-order valence-corrected chi connectivity index (χ0v) is 11.5. The number of nitrogens with zero attached hydrogens (tertiary/aromatic N) is 1. The average molecular weight is 234 g/mol. The van der Waals surface area contributed by atoms with E-state index in [2.05, 4.69) is 55.3 Å². The van der Waals surface area contributed by atoms with Crippen LogP contribution in [0.4, 0.5) is 5.69 Å². The number of nitrogens with one attached hydrogen (secondary N) is 1. The van der Waals surface area contributed by atoms with Gasteiger partial charge in [0.05, 0.1) is 0 Å². The summed E-state index contributed by atoms with van der Waals surface area (Å²) in [7, 11) is 0. The highest BCUT2D eigenvalue weighted by Crippen LogP contribution is 2.15. The molecule has 0 unspecified atom stereocenters. The summed E-state index contributed by atoms with van der Waals surface area (Å²) in [5.74, 6) is 0. The first kappa shape index (κ1) is 14.0. The molecular formula is C15H26N2. The van der Waals surface area contributed by atoms with Gasteiger partial charge in [0, 0.05) is 12.2 Å². The topological polar surface area (TPSA) is 15.3 Å². The number of para-hydroxylation sites is 1. The van der Waals surface area contributed by atoms with Gasteiger partial charge < -0.3 is 10.2 Å². The Hall–Kier alpha value is -1.02. The third-order valence-electron chi connectivity index (χ3n) is 3.26. The summed E-state index contributed by atoms with van der Waals surface area (Å²) in [6, 6.07) is 8.59. The third-order valence-corrected chi connectivity index (χ3v) is 3.26. The Kier molecular flexibility index (Phi) is 6.71. The summed E-state index contributed by atoms with van der Waals surface area (Å²) in [6.07, 6.45) is 2.30. The van der Waals surface area contributed by atoms with E-state index in [4.69, 9.17) is 0 Å². The summed E-state index contributed by atoms with van der Waals surface area (Å²) < 4.78 is 0. The minimum Gasteiger partial charge on any atom is -0.385 e. The molecule has 1 aromatic rings. The molecule has 1 N–H and O–H groups in total. The highest BCUT2D eigenvalue weighted by molar-refractivity contribution is 5.50. The molecule has 0 spiro atoms. The van der Waals surface area contributed by atoms with E-state index in [0.29, 0.717) is 0 Å². The van der Waals surface area contributed by atoms with E-state index in [1.807, 2.05) is 0 Å². The zero-order valence-electron chi connectivity index (χ0n) is 11.5. The standard InChI is InChI=1S/C15H26N2/c1-4-14-10-7-8-11-15(14)16-12-9-13-17(5-2)6-3/h7-8,10-11,16H,4-6,9,12-13H2,1-3H3. The van der Waals surface area contributed by atoms with Crippen LogP contribution >= 0.6 is 0 Å². The maximum absolute atomic E-state index is 3.54. The molecule has 17 heavy (non-hydrogen) atoms. The van der Waals surface area contributed by atoms with Crippen LogP contribution < -0.4 is 5.32 Å². The van der Waals surface area contributed by atoms with E-state index in [9.17, 15) is 0 Å². The monoisotopic (exact) mass is 234 g/mol. The number of benzene rings is 1. The van der Waals surface area contributed by atoms with Gasteiger partial charge in [-0.05, 0) is 44.1 Å². The molecule has 0 heterocycles. The molecule has 0 aliphatic carbocycles. The molecule has 0 amide bonds. The lowest BCUT2D eigenvalue weighted by Crippen LogP contribution is -2.25. The van der Waals surface area contributed by atoms with Gasteiger partial charge in [0.1, 0.15) is 0 Å². The minimum atomic E-state index is 1.06. The fraction of sp³-hybridized carbons (Fsp3) is 0.600. The van der Waals surface area contributed by atoms with Crippen molar-refractivity contribution in [2.75, 3.05) is 31.5 Å². The van der Waals surface area contributed by atoms with Gasteiger partial charge in [-0.1, -0.05) is 39.0 Å². The Bertz CT molecular complexity index is 306. The Morgan fingerprint density at radius 2 is 1.76 bits per heavy atom. The van der Waals surface area contributed by atoms with E-state index in [1.54, 1.807) is 0 Å². The smallest absolute Gasteiger partial charge is 0.0372 e. The van der Waals surface area contributed by atoms with E-state index < -0.39 is 0 Å². The second kappa shape index (κ2) is 8.13. The maximum atomic E-state index is 3.54. The first-order valence-electron chi connectivity index (χ1n) is 6.85. The normalized spacial score (nSPS) is 10.8. The summed E-state index contributed by atoms with van der Waals surface area (Å²) >= 11 is 0. The molecule has 0 radical (unpaired) electrons. The fourth-order valence-electron chi connectivity index (χ4n) is 2.07. The molecule has 0 saturated heterocycles. The molecule has 0 bridgehead atoms. The van der Waals surface area contributed by atoms with Crippen LogP contribution in [0.1, 0.15) is 32.8 Å². The van der Waals surface area contributed by atoms with Gasteiger partial charge in [0.15, 0.2) is 0 Å². The van der Waals surface area contributed by atoms with Crippen LogP contribution in [-0.4, -0.2) is 31.1 Å². The molecule has 0 fully saturated rings. The Morgan fingerprint density at radius 3 is 2.41 bits per heavy atom. The predicted octanol–water partition coefficient (Wildman–Crippen LogP) is 3.39. The summed E-state index contributed by atoms with van der Waals surface area (Å²) in [5, 5.41) is 3.54. The van der Waals surface area contributed by atoms with Crippen LogP contribution in [0.15, 0.2) is 24.3 Å². The summed E-state index contributed by atoms with van der Waals surface area (Å²) in [6.45, 7) is 11.2. The highest BCUT2D eigenvalue weighted by Gasteiger charge is 2.00. The molecule has 0 aromatic heterocycles. The molecule has 96 valence electrons. The SMILES string of the molecule is CCc1ccccc1NCCCN(CC)CC. The van der Waals surface area contributed by atoms with Crippen molar-refractivity contribution in [3.63, 3.8) is 0 Å². The quantitative estimate of drug-likeness (QED) is 0.694. The van der Waals surface area contributed by atoms with Gasteiger partial charge in [0.2, 0.25) is 0 Å². The van der Waals surface area contributed by atoms with Gasteiger partial charge in [-0.25, -0.2) is 0 Å². The van der Waals surface area contributed by atoms with Gasteiger partial charge in [-0.15, -0.1) is 0 Å². The van der Waals surface area contributed by atoms with E-state index in [0.717, 1.165) is 26.1 Å². The van der Waals surface area contributed by atoms with Crippen molar-refractivity contribution in [2.45, 2.75) is 33.6 Å². The lowest BCUT2D eigenvalue weighted by atomic mass is 10.1. The van der Waals surface area contributed by atoms with Crippen molar-refractivity contribution in [3.05, 3.63) is 29.8 Å². The molecule has 1 aromatic carbocycles. The van der Waals surface area contributed by atoms with Crippen LogP contribution in [0.5, 0.6) is 0 Å².